The van der Waals surface area contributed by atoms with Crippen molar-refractivity contribution in [2.45, 2.75) is 20.8 Å². The molecule has 0 aliphatic carbocycles. The topological polar surface area (TPSA) is 17.1 Å². The van der Waals surface area contributed by atoms with Crippen molar-refractivity contribution in [2.24, 2.45) is 0 Å². The summed E-state index contributed by atoms with van der Waals surface area (Å²) >= 11 is 0. The van der Waals surface area contributed by atoms with Crippen molar-refractivity contribution in [1.29, 1.82) is 0 Å². The molecule has 3 heteroatoms. The predicted octanol–water partition coefficient (Wildman–Crippen LogP) is 0.760. The Kier molecular flexibility index (Phi) is 6.02. The molecule has 0 saturated carbocycles. The molecular formula is C16H17LiOP+. The maximum atomic E-state index is 12.4. The molecule has 0 amide bonds. The van der Waals surface area contributed by atoms with Crippen LogP contribution in [0.1, 0.15) is 27.0 Å². The molecule has 0 aromatic heterocycles. The van der Waals surface area contributed by atoms with Gasteiger partial charge in [-0.2, -0.15) is 0 Å². The average Bonchev–Trinajstić information content (AvgIpc) is 2.32. The molecule has 19 heavy (non-hydrogen) atoms. The molecule has 1 unspecified atom stereocenters. The number of hydrogen-bond donors (Lipinski definition) is 0. The summed E-state index contributed by atoms with van der Waals surface area (Å²) in [5, 5.41) is 1.14. The van der Waals surface area contributed by atoms with E-state index in [1.54, 1.807) is 0 Å². The van der Waals surface area contributed by atoms with Crippen LogP contribution in [-0.2, 0) is 0 Å². The first-order valence-electron chi connectivity index (χ1n) is 6.03. The second-order valence-electron chi connectivity index (χ2n) is 4.54. The molecule has 92 valence electrons. The van der Waals surface area contributed by atoms with E-state index in [1.165, 1.54) is 5.56 Å². The van der Waals surface area contributed by atoms with Gasteiger partial charge in [-0.05, 0) is 51.3 Å². The van der Waals surface area contributed by atoms with Gasteiger partial charge in [0, 0.05) is 5.56 Å². The van der Waals surface area contributed by atoms with Crippen LogP contribution in [-0.4, -0.2) is 5.52 Å². The minimum absolute atomic E-state index is 0. The maximum absolute atomic E-state index is 12.4. The van der Waals surface area contributed by atoms with E-state index in [0.717, 1.165) is 22.0 Å². The Balaban J connectivity index is 0.00000180. The van der Waals surface area contributed by atoms with Crippen molar-refractivity contribution in [3.63, 3.8) is 0 Å². The summed E-state index contributed by atoms with van der Waals surface area (Å²) in [6.07, 6.45) is 0. The van der Waals surface area contributed by atoms with Crippen molar-refractivity contribution < 1.29 is 23.7 Å². The van der Waals surface area contributed by atoms with E-state index in [4.69, 9.17) is 0 Å². The van der Waals surface area contributed by atoms with Crippen LogP contribution in [0.2, 0.25) is 0 Å². The van der Waals surface area contributed by atoms with Crippen LogP contribution in [0.15, 0.2) is 42.5 Å². The Bertz CT molecular complexity index is 573. The van der Waals surface area contributed by atoms with Gasteiger partial charge in [0.05, 0.1) is 0 Å². The molecule has 0 N–H and O–H groups in total. The van der Waals surface area contributed by atoms with E-state index in [9.17, 15) is 4.79 Å². The van der Waals surface area contributed by atoms with Gasteiger partial charge in [-0.3, -0.25) is 4.79 Å². The molecule has 0 aliphatic rings. The van der Waals surface area contributed by atoms with Crippen LogP contribution in [0.25, 0.3) is 0 Å². The second-order valence-corrected chi connectivity index (χ2v) is 5.78. The predicted molar refractivity (Wildman–Crippen MR) is 79.4 cm³/mol. The molecule has 2 aromatic rings. The quantitative estimate of drug-likeness (QED) is 0.590. The zero-order valence-corrected chi connectivity index (χ0v) is 12.9. The fraction of sp³-hybridized carbons (Fsp3) is 0.188. The Morgan fingerprint density at radius 1 is 0.842 bits per heavy atom. The second kappa shape index (κ2) is 7.06. The van der Waals surface area contributed by atoms with Crippen molar-refractivity contribution in [3.05, 3.63) is 64.7 Å². The Labute approximate surface area is 128 Å². The van der Waals surface area contributed by atoms with Gasteiger partial charge in [-0.25, -0.2) is 0 Å². The van der Waals surface area contributed by atoms with Crippen molar-refractivity contribution in [2.75, 3.05) is 0 Å². The Morgan fingerprint density at radius 2 is 1.37 bits per heavy atom. The third-order valence-corrected chi connectivity index (χ3v) is 4.41. The van der Waals surface area contributed by atoms with E-state index < -0.39 is 0 Å². The first-order chi connectivity index (χ1) is 8.59. The number of rotatable bonds is 3. The largest absolute Gasteiger partial charge is 1.00 e. The molecule has 0 heterocycles. The van der Waals surface area contributed by atoms with Crippen molar-refractivity contribution >= 4 is 19.4 Å². The smallest absolute Gasteiger partial charge is 0.289 e. The molecule has 0 aliphatic heterocycles. The number of aryl methyl sites for hydroxylation is 3. The Morgan fingerprint density at radius 3 is 1.95 bits per heavy atom. The number of hydrogen-bond acceptors (Lipinski definition) is 1. The number of carbonyl (C=O) groups excluding carboxylic acids is 1. The maximum Gasteiger partial charge on any atom is 1.00 e. The van der Waals surface area contributed by atoms with Crippen LogP contribution in [0.3, 0.4) is 0 Å². The SMILES string of the molecule is Cc1ccccc1PC(=O)c1c(C)cccc1C.[Li+]. The summed E-state index contributed by atoms with van der Waals surface area (Å²) in [5.41, 5.74) is 4.46. The summed E-state index contributed by atoms with van der Waals surface area (Å²) in [7, 11) is 0.208. The summed E-state index contributed by atoms with van der Waals surface area (Å²) in [6.45, 7) is 6.06. The summed E-state index contributed by atoms with van der Waals surface area (Å²) < 4.78 is 0. The van der Waals surface area contributed by atoms with Gasteiger partial charge >= 0.3 is 18.9 Å². The molecule has 0 spiro atoms. The minimum atomic E-state index is 0. The van der Waals surface area contributed by atoms with Gasteiger partial charge < -0.3 is 0 Å². The van der Waals surface area contributed by atoms with Gasteiger partial charge in [0.1, 0.15) is 0 Å². The zero-order chi connectivity index (χ0) is 13.1. The van der Waals surface area contributed by atoms with Crippen LogP contribution in [0, 0.1) is 20.8 Å². The summed E-state index contributed by atoms with van der Waals surface area (Å²) in [5.74, 6) is 0. The van der Waals surface area contributed by atoms with E-state index in [0.29, 0.717) is 0 Å². The molecule has 0 bridgehead atoms. The minimum Gasteiger partial charge on any atom is -0.289 e. The average molecular weight is 263 g/mol. The first kappa shape index (κ1) is 16.2. The molecule has 0 fully saturated rings. The molecule has 2 aromatic carbocycles. The molecule has 0 saturated heterocycles. The van der Waals surface area contributed by atoms with Crippen LogP contribution < -0.4 is 24.2 Å². The molecule has 1 nitrogen and oxygen atoms in total. The van der Waals surface area contributed by atoms with E-state index in [1.807, 2.05) is 50.2 Å². The van der Waals surface area contributed by atoms with E-state index >= 15 is 0 Å². The molecule has 0 radical (unpaired) electrons. The Hall–Kier alpha value is -0.863. The van der Waals surface area contributed by atoms with Gasteiger partial charge in [0.25, 0.3) is 0 Å². The van der Waals surface area contributed by atoms with Crippen molar-refractivity contribution in [1.82, 2.24) is 0 Å². The van der Waals surface area contributed by atoms with Gasteiger partial charge in [0.15, 0.2) is 5.52 Å². The van der Waals surface area contributed by atoms with E-state index in [-0.39, 0.29) is 33.0 Å². The zero-order valence-electron chi connectivity index (χ0n) is 11.9. The third kappa shape index (κ3) is 3.80. The normalized spacial score (nSPS) is 10.5. The molecule has 2 rings (SSSR count). The molecule has 1 atom stereocenters. The van der Waals surface area contributed by atoms with E-state index in [2.05, 4.69) is 13.0 Å². The van der Waals surface area contributed by atoms with Gasteiger partial charge in [-0.15, -0.1) is 0 Å². The third-order valence-electron chi connectivity index (χ3n) is 3.10. The molecular weight excluding hydrogens is 246 g/mol. The monoisotopic (exact) mass is 263 g/mol. The van der Waals surface area contributed by atoms with Gasteiger partial charge in [0.2, 0.25) is 0 Å². The van der Waals surface area contributed by atoms with Crippen molar-refractivity contribution in [3.8, 4) is 0 Å². The first-order valence-corrected chi connectivity index (χ1v) is 7.03. The van der Waals surface area contributed by atoms with Crippen LogP contribution >= 0.6 is 8.58 Å². The summed E-state index contributed by atoms with van der Waals surface area (Å²) in [6, 6.07) is 14.1. The standard InChI is InChI=1S/C16H17OP.Li/c1-11-7-4-5-10-14(11)18-16(17)15-12(2)8-6-9-13(15)3;/h4-10,18H,1-3H3;/q;+1. The number of benzene rings is 2. The number of carbonyl (C=O) groups is 1. The fourth-order valence-electron chi connectivity index (χ4n) is 2.07. The fourth-order valence-corrected chi connectivity index (χ4v) is 3.29. The summed E-state index contributed by atoms with van der Waals surface area (Å²) in [4.78, 5) is 12.4. The van der Waals surface area contributed by atoms with Crippen LogP contribution in [0.4, 0.5) is 0 Å². The van der Waals surface area contributed by atoms with Crippen LogP contribution in [0.5, 0.6) is 0 Å². The van der Waals surface area contributed by atoms with Gasteiger partial charge in [-0.1, -0.05) is 42.5 Å².